The molecule has 1 heterocycles. The summed E-state index contributed by atoms with van der Waals surface area (Å²) in [4.78, 5) is 21.1. The molecule has 1 atom stereocenters. The lowest BCUT2D eigenvalue weighted by molar-refractivity contribution is -0.147. The van der Waals surface area contributed by atoms with Gasteiger partial charge in [0.05, 0.1) is 5.41 Å². The highest BCUT2D eigenvalue weighted by Crippen LogP contribution is 2.24. The maximum absolute atomic E-state index is 10.6. The summed E-state index contributed by atoms with van der Waals surface area (Å²) < 4.78 is 0. The van der Waals surface area contributed by atoms with Gasteiger partial charge in [0.2, 0.25) is 5.91 Å². The Balaban J connectivity index is 2.72. The van der Waals surface area contributed by atoms with E-state index in [1.54, 1.807) is 6.92 Å². The molecule has 0 aromatic rings. The Hall–Kier alpha value is -1.06. The number of carbonyl (C=O) groups is 2. The van der Waals surface area contributed by atoms with Crippen molar-refractivity contribution in [2.24, 2.45) is 5.41 Å². The van der Waals surface area contributed by atoms with Crippen molar-refractivity contribution in [3.8, 4) is 0 Å². The van der Waals surface area contributed by atoms with Crippen molar-refractivity contribution in [3.63, 3.8) is 0 Å². The van der Waals surface area contributed by atoms with Gasteiger partial charge < -0.3 is 10.4 Å². The minimum Gasteiger partial charge on any atom is -0.481 e. The maximum Gasteiger partial charge on any atom is 0.311 e. The second kappa shape index (κ2) is 1.97. The van der Waals surface area contributed by atoms with Crippen LogP contribution in [-0.4, -0.2) is 23.5 Å². The lowest BCUT2D eigenvalue weighted by atomic mass is 9.90. The summed E-state index contributed by atoms with van der Waals surface area (Å²) in [5.74, 6) is -1.09. The second-order valence-electron chi connectivity index (χ2n) is 2.82. The van der Waals surface area contributed by atoms with Gasteiger partial charge in [0.15, 0.2) is 0 Å². The third-order valence-corrected chi connectivity index (χ3v) is 1.74. The van der Waals surface area contributed by atoms with Gasteiger partial charge in [-0.05, 0) is 6.92 Å². The molecule has 1 aliphatic heterocycles. The number of hydrogen-bond donors (Lipinski definition) is 2. The van der Waals surface area contributed by atoms with Crippen LogP contribution >= 0.6 is 0 Å². The summed E-state index contributed by atoms with van der Waals surface area (Å²) in [6.07, 6.45) is 0.0995. The van der Waals surface area contributed by atoms with Gasteiger partial charge >= 0.3 is 5.97 Å². The molecule has 0 aromatic carbocycles. The van der Waals surface area contributed by atoms with Crippen molar-refractivity contribution >= 4 is 11.9 Å². The molecular formula is C6H9NO3. The normalized spacial score (nSPS) is 31.9. The third kappa shape index (κ3) is 0.964. The first-order valence-corrected chi connectivity index (χ1v) is 3.05. The van der Waals surface area contributed by atoms with Crippen LogP contribution in [0.2, 0.25) is 0 Å². The van der Waals surface area contributed by atoms with Gasteiger partial charge in [0.1, 0.15) is 0 Å². The Bertz CT molecular complexity index is 189. The van der Waals surface area contributed by atoms with Crippen molar-refractivity contribution in [3.05, 3.63) is 0 Å². The van der Waals surface area contributed by atoms with E-state index >= 15 is 0 Å². The standard InChI is InChI=1S/C6H9NO3/c1-6(5(9)10)2-4(8)7-3-6/h2-3H2,1H3,(H,7,8)(H,9,10). The number of carboxylic acid groups (broad SMARTS) is 1. The molecule has 0 spiro atoms. The van der Waals surface area contributed by atoms with E-state index in [0.29, 0.717) is 0 Å². The van der Waals surface area contributed by atoms with Gasteiger partial charge in [0.25, 0.3) is 0 Å². The molecular weight excluding hydrogens is 134 g/mol. The van der Waals surface area contributed by atoms with E-state index in [1.807, 2.05) is 0 Å². The van der Waals surface area contributed by atoms with E-state index in [4.69, 9.17) is 5.11 Å². The zero-order valence-corrected chi connectivity index (χ0v) is 5.68. The van der Waals surface area contributed by atoms with E-state index in [1.165, 1.54) is 0 Å². The largest absolute Gasteiger partial charge is 0.481 e. The summed E-state index contributed by atoms with van der Waals surface area (Å²) in [6.45, 7) is 1.81. The Morgan fingerprint density at radius 2 is 2.40 bits per heavy atom. The fourth-order valence-electron chi connectivity index (χ4n) is 0.924. The molecule has 0 bridgehead atoms. The predicted molar refractivity (Wildman–Crippen MR) is 33.4 cm³/mol. The highest BCUT2D eigenvalue weighted by Gasteiger charge is 2.40. The van der Waals surface area contributed by atoms with E-state index in [2.05, 4.69) is 5.32 Å². The van der Waals surface area contributed by atoms with Gasteiger partial charge in [-0.25, -0.2) is 0 Å². The van der Waals surface area contributed by atoms with Crippen molar-refractivity contribution in [1.29, 1.82) is 0 Å². The summed E-state index contributed by atoms with van der Waals surface area (Å²) in [5.41, 5.74) is -0.878. The lowest BCUT2D eigenvalue weighted by Crippen LogP contribution is -2.29. The van der Waals surface area contributed by atoms with Crippen LogP contribution in [0, 0.1) is 5.41 Å². The maximum atomic E-state index is 10.6. The second-order valence-corrected chi connectivity index (χ2v) is 2.82. The first-order valence-electron chi connectivity index (χ1n) is 3.05. The van der Waals surface area contributed by atoms with Gasteiger partial charge in [-0.3, -0.25) is 9.59 Å². The molecule has 0 saturated carbocycles. The molecule has 10 heavy (non-hydrogen) atoms. The number of carbonyl (C=O) groups excluding carboxylic acids is 1. The fraction of sp³-hybridized carbons (Fsp3) is 0.667. The van der Waals surface area contributed by atoms with E-state index in [0.717, 1.165) is 0 Å². The van der Waals surface area contributed by atoms with Crippen LogP contribution in [0.4, 0.5) is 0 Å². The zero-order chi connectivity index (χ0) is 7.78. The Kier molecular flexibility index (Phi) is 1.39. The van der Waals surface area contributed by atoms with Crippen LogP contribution in [0.5, 0.6) is 0 Å². The van der Waals surface area contributed by atoms with Crippen molar-refractivity contribution < 1.29 is 14.7 Å². The van der Waals surface area contributed by atoms with Crippen LogP contribution in [0.15, 0.2) is 0 Å². The highest BCUT2D eigenvalue weighted by molar-refractivity contribution is 5.88. The van der Waals surface area contributed by atoms with Crippen LogP contribution < -0.4 is 5.32 Å². The van der Waals surface area contributed by atoms with Crippen LogP contribution in [0.3, 0.4) is 0 Å². The molecule has 0 aliphatic carbocycles. The first-order chi connectivity index (χ1) is 4.54. The summed E-state index contributed by atoms with van der Waals surface area (Å²) >= 11 is 0. The quantitative estimate of drug-likeness (QED) is 0.524. The number of nitrogens with one attached hydrogen (secondary N) is 1. The van der Waals surface area contributed by atoms with Gasteiger partial charge in [-0.1, -0.05) is 0 Å². The molecule has 2 N–H and O–H groups in total. The predicted octanol–water partition coefficient (Wildman–Crippen LogP) is -0.403. The fourth-order valence-corrected chi connectivity index (χ4v) is 0.924. The van der Waals surface area contributed by atoms with Crippen LogP contribution in [0.25, 0.3) is 0 Å². The smallest absolute Gasteiger partial charge is 0.311 e. The summed E-state index contributed by atoms with van der Waals surface area (Å²) in [5, 5.41) is 11.1. The molecule has 1 rings (SSSR count). The molecule has 1 saturated heterocycles. The van der Waals surface area contributed by atoms with Gasteiger partial charge in [0, 0.05) is 13.0 Å². The Morgan fingerprint density at radius 3 is 2.60 bits per heavy atom. The lowest BCUT2D eigenvalue weighted by Gasteiger charge is -2.13. The van der Waals surface area contributed by atoms with Gasteiger partial charge in [-0.15, -0.1) is 0 Å². The third-order valence-electron chi connectivity index (χ3n) is 1.74. The summed E-state index contributed by atoms with van der Waals surface area (Å²) in [6, 6.07) is 0. The number of amides is 1. The number of aliphatic carboxylic acids is 1. The van der Waals surface area contributed by atoms with E-state index in [9.17, 15) is 9.59 Å². The minimum absolute atomic E-state index is 0.0995. The van der Waals surface area contributed by atoms with Crippen molar-refractivity contribution in [2.45, 2.75) is 13.3 Å². The van der Waals surface area contributed by atoms with Gasteiger partial charge in [-0.2, -0.15) is 0 Å². The Morgan fingerprint density at radius 1 is 1.80 bits per heavy atom. The number of rotatable bonds is 1. The van der Waals surface area contributed by atoms with Crippen molar-refractivity contribution in [1.82, 2.24) is 5.32 Å². The molecule has 0 radical (unpaired) electrons. The molecule has 1 fully saturated rings. The average molecular weight is 143 g/mol. The topological polar surface area (TPSA) is 66.4 Å². The average Bonchev–Trinajstić information content (AvgIpc) is 2.13. The highest BCUT2D eigenvalue weighted by atomic mass is 16.4. The zero-order valence-electron chi connectivity index (χ0n) is 5.68. The van der Waals surface area contributed by atoms with Crippen LogP contribution in [0.1, 0.15) is 13.3 Å². The summed E-state index contributed by atoms with van der Waals surface area (Å²) in [7, 11) is 0. The molecule has 1 aliphatic rings. The molecule has 4 heteroatoms. The van der Waals surface area contributed by atoms with E-state index < -0.39 is 11.4 Å². The SMILES string of the molecule is CC1(C(=O)O)CNC(=O)C1. The first kappa shape index (κ1) is 7.05. The molecule has 0 aromatic heterocycles. The molecule has 4 nitrogen and oxygen atoms in total. The Labute approximate surface area is 58.2 Å². The molecule has 1 amide bonds. The minimum atomic E-state index is -0.911. The number of carboxylic acids is 1. The van der Waals surface area contributed by atoms with Crippen LogP contribution in [-0.2, 0) is 9.59 Å². The van der Waals surface area contributed by atoms with Crippen molar-refractivity contribution in [2.75, 3.05) is 6.54 Å². The molecule has 1 unspecified atom stereocenters. The number of hydrogen-bond acceptors (Lipinski definition) is 2. The van der Waals surface area contributed by atoms with E-state index in [-0.39, 0.29) is 18.9 Å². The monoisotopic (exact) mass is 143 g/mol. The molecule has 56 valence electrons.